The fraction of sp³-hybridized carbons (Fsp3) is 0.545. The van der Waals surface area contributed by atoms with Crippen LogP contribution in [-0.2, 0) is 25.6 Å². The van der Waals surface area contributed by atoms with Gasteiger partial charge in [0, 0.05) is 24.7 Å². The third-order valence-electron chi connectivity index (χ3n) is 6.36. The SMILES string of the molecule is COc1ccccc1CC(=O)N[C@H]1C[C@@H]2C(=O)N[C@H]3CCN(C(=O)CSC)[C@@H]3C(=O)N2C1. The van der Waals surface area contributed by atoms with Crippen molar-refractivity contribution in [1.29, 1.82) is 0 Å². The summed E-state index contributed by atoms with van der Waals surface area (Å²) in [5.41, 5.74) is 0.769. The molecule has 3 saturated heterocycles. The molecule has 0 aromatic heterocycles. The van der Waals surface area contributed by atoms with Crippen LogP contribution in [0, 0.1) is 0 Å². The van der Waals surface area contributed by atoms with E-state index in [2.05, 4.69) is 10.6 Å². The molecule has 4 amide bonds. The van der Waals surface area contributed by atoms with Crippen LogP contribution in [0.25, 0.3) is 0 Å². The minimum atomic E-state index is -0.674. The fourth-order valence-corrected chi connectivity index (χ4v) is 5.33. The Morgan fingerprint density at radius 2 is 2.06 bits per heavy atom. The molecular formula is C22H28N4O5S. The predicted octanol–water partition coefficient (Wildman–Crippen LogP) is -0.214. The largest absolute Gasteiger partial charge is 0.496 e. The van der Waals surface area contributed by atoms with Crippen molar-refractivity contribution < 1.29 is 23.9 Å². The Balaban J connectivity index is 1.44. The second-order valence-electron chi connectivity index (χ2n) is 8.36. The average molecular weight is 461 g/mol. The number of nitrogens with zero attached hydrogens (tertiary/aromatic N) is 2. The van der Waals surface area contributed by atoms with Crippen molar-refractivity contribution >= 4 is 35.4 Å². The van der Waals surface area contributed by atoms with Gasteiger partial charge in [0.2, 0.25) is 23.6 Å². The molecule has 0 bridgehead atoms. The molecule has 3 aliphatic heterocycles. The van der Waals surface area contributed by atoms with E-state index < -0.39 is 12.1 Å². The Kier molecular flexibility index (Phi) is 6.59. The molecule has 0 aliphatic carbocycles. The Morgan fingerprint density at radius 1 is 1.28 bits per heavy atom. The molecule has 10 heteroatoms. The second kappa shape index (κ2) is 9.40. The first-order valence-corrected chi connectivity index (χ1v) is 12.1. The molecule has 0 saturated carbocycles. The number of hydrogen-bond donors (Lipinski definition) is 2. The number of ether oxygens (including phenoxy) is 1. The summed E-state index contributed by atoms with van der Waals surface area (Å²) >= 11 is 1.41. The van der Waals surface area contributed by atoms with E-state index in [1.54, 1.807) is 23.0 Å². The van der Waals surface area contributed by atoms with Gasteiger partial charge in [-0.3, -0.25) is 19.2 Å². The van der Waals surface area contributed by atoms with Crippen LogP contribution in [0.4, 0.5) is 0 Å². The van der Waals surface area contributed by atoms with Gasteiger partial charge >= 0.3 is 0 Å². The van der Waals surface area contributed by atoms with Crippen LogP contribution >= 0.6 is 11.8 Å². The first-order valence-electron chi connectivity index (χ1n) is 10.7. The smallest absolute Gasteiger partial charge is 0.248 e. The van der Waals surface area contributed by atoms with E-state index in [0.29, 0.717) is 30.9 Å². The number of carbonyl (C=O) groups excluding carboxylic acids is 4. The highest BCUT2D eigenvalue weighted by Gasteiger charge is 2.52. The van der Waals surface area contributed by atoms with Crippen LogP contribution in [0.1, 0.15) is 18.4 Å². The molecule has 0 unspecified atom stereocenters. The molecule has 4 rings (SSSR count). The lowest BCUT2D eigenvalue weighted by Gasteiger charge is -2.29. The second-order valence-corrected chi connectivity index (χ2v) is 9.23. The minimum Gasteiger partial charge on any atom is -0.496 e. The van der Waals surface area contributed by atoms with Gasteiger partial charge in [-0.1, -0.05) is 18.2 Å². The fourth-order valence-electron chi connectivity index (χ4n) is 4.92. The number of methoxy groups -OCH3 is 1. The number of benzene rings is 1. The number of hydrogen-bond acceptors (Lipinski definition) is 6. The third-order valence-corrected chi connectivity index (χ3v) is 6.90. The lowest BCUT2D eigenvalue weighted by Crippen LogP contribution is -2.53. The van der Waals surface area contributed by atoms with E-state index in [1.807, 2.05) is 24.5 Å². The number of nitrogens with one attached hydrogen (secondary N) is 2. The quantitative estimate of drug-likeness (QED) is 0.608. The molecule has 3 fully saturated rings. The molecule has 3 aliphatic rings. The Bertz CT molecular complexity index is 925. The van der Waals surface area contributed by atoms with Crippen molar-refractivity contribution in [3.63, 3.8) is 0 Å². The molecular weight excluding hydrogens is 432 g/mol. The molecule has 1 aromatic carbocycles. The van der Waals surface area contributed by atoms with Gasteiger partial charge in [-0.2, -0.15) is 11.8 Å². The number of thioether (sulfide) groups is 1. The van der Waals surface area contributed by atoms with E-state index >= 15 is 0 Å². The molecule has 9 nitrogen and oxygen atoms in total. The predicted molar refractivity (Wildman–Crippen MR) is 119 cm³/mol. The zero-order chi connectivity index (χ0) is 22.8. The number of amides is 4. The summed E-state index contributed by atoms with van der Waals surface area (Å²) in [4.78, 5) is 54.5. The van der Waals surface area contributed by atoms with Crippen LogP contribution in [-0.4, -0.2) is 89.8 Å². The Morgan fingerprint density at radius 3 is 2.81 bits per heavy atom. The van der Waals surface area contributed by atoms with Gasteiger partial charge in [-0.05, 0) is 25.2 Å². The maximum absolute atomic E-state index is 13.4. The Hall–Kier alpha value is -2.75. The van der Waals surface area contributed by atoms with Crippen LogP contribution < -0.4 is 15.4 Å². The maximum Gasteiger partial charge on any atom is 0.248 e. The average Bonchev–Trinajstić information content (AvgIpc) is 3.36. The summed E-state index contributed by atoms with van der Waals surface area (Å²) in [6.45, 7) is 0.709. The maximum atomic E-state index is 13.4. The van der Waals surface area contributed by atoms with Gasteiger partial charge in [0.25, 0.3) is 0 Å². The summed E-state index contributed by atoms with van der Waals surface area (Å²) in [6.07, 6.45) is 2.92. The number of rotatable bonds is 6. The van der Waals surface area contributed by atoms with Gasteiger partial charge in [0.1, 0.15) is 17.8 Å². The number of fused-ring (bicyclic) bond motifs is 2. The van der Waals surface area contributed by atoms with Gasteiger partial charge in [0.15, 0.2) is 0 Å². The number of likely N-dealkylation sites (tertiary alicyclic amines) is 1. The molecule has 0 spiro atoms. The topological polar surface area (TPSA) is 108 Å². The van der Waals surface area contributed by atoms with E-state index in [4.69, 9.17) is 4.74 Å². The van der Waals surface area contributed by atoms with E-state index in [1.165, 1.54) is 11.8 Å². The third kappa shape index (κ3) is 4.28. The lowest BCUT2D eigenvalue weighted by molar-refractivity contribution is -0.143. The molecule has 4 atom stereocenters. The number of para-hydroxylation sites is 1. The highest BCUT2D eigenvalue weighted by Crippen LogP contribution is 2.29. The van der Waals surface area contributed by atoms with E-state index in [0.717, 1.165) is 5.56 Å². The van der Waals surface area contributed by atoms with Crippen molar-refractivity contribution in [2.24, 2.45) is 0 Å². The summed E-state index contributed by atoms with van der Waals surface area (Å²) in [5.74, 6) is 0.223. The molecule has 172 valence electrons. The van der Waals surface area contributed by atoms with Crippen LogP contribution in [0.5, 0.6) is 5.75 Å². The Labute approximate surface area is 191 Å². The minimum absolute atomic E-state index is 0.0908. The van der Waals surface area contributed by atoms with E-state index in [9.17, 15) is 19.2 Å². The molecule has 1 aromatic rings. The van der Waals surface area contributed by atoms with Gasteiger partial charge < -0.3 is 25.2 Å². The van der Waals surface area contributed by atoms with Crippen LogP contribution in [0.3, 0.4) is 0 Å². The lowest BCUT2D eigenvalue weighted by atomic mass is 10.1. The van der Waals surface area contributed by atoms with Crippen molar-refractivity contribution in [3.05, 3.63) is 29.8 Å². The van der Waals surface area contributed by atoms with Crippen molar-refractivity contribution in [1.82, 2.24) is 20.4 Å². The molecule has 0 radical (unpaired) electrons. The summed E-state index contributed by atoms with van der Waals surface area (Å²) in [5, 5.41) is 5.93. The van der Waals surface area contributed by atoms with E-state index in [-0.39, 0.29) is 48.7 Å². The van der Waals surface area contributed by atoms with Gasteiger partial charge in [0.05, 0.1) is 25.3 Å². The van der Waals surface area contributed by atoms with Crippen LogP contribution in [0.2, 0.25) is 0 Å². The zero-order valence-electron chi connectivity index (χ0n) is 18.2. The normalized spacial score (nSPS) is 26.8. The van der Waals surface area contributed by atoms with Crippen molar-refractivity contribution in [3.8, 4) is 5.75 Å². The summed E-state index contributed by atoms with van der Waals surface area (Å²) in [6, 6.07) is 5.32. The molecule has 2 N–H and O–H groups in total. The zero-order valence-corrected chi connectivity index (χ0v) is 19.0. The van der Waals surface area contributed by atoms with Crippen molar-refractivity contribution in [2.75, 3.05) is 32.2 Å². The monoisotopic (exact) mass is 460 g/mol. The molecule has 32 heavy (non-hydrogen) atoms. The molecule has 3 heterocycles. The van der Waals surface area contributed by atoms with Crippen LogP contribution in [0.15, 0.2) is 24.3 Å². The highest BCUT2D eigenvalue weighted by molar-refractivity contribution is 7.99. The number of carbonyl (C=O) groups is 4. The van der Waals surface area contributed by atoms with Gasteiger partial charge in [-0.25, -0.2) is 0 Å². The highest BCUT2D eigenvalue weighted by atomic mass is 32.2. The van der Waals surface area contributed by atoms with Crippen molar-refractivity contribution in [2.45, 2.75) is 43.4 Å². The summed E-state index contributed by atoms with van der Waals surface area (Å²) in [7, 11) is 1.56. The summed E-state index contributed by atoms with van der Waals surface area (Å²) < 4.78 is 5.30. The first-order chi connectivity index (χ1) is 15.4. The van der Waals surface area contributed by atoms with Gasteiger partial charge in [-0.15, -0.1) is 0 Å². The standard InChI is InChI=1S/C22H28N4O5S/c1-31-17-6-4-3-5-13(17)9-18(27)23-14-10-16-21(29)24-15-7-8-25(19(28)12-32-2)20(15)22(30)26(16)11-14/h3-6,14-16,20H,7-12H2,1-2H3,(H,23,27)(H,24,29)/t14-,15-,16+,20-/m0/s1. The first kappa shape index (κ1) is 22.4.